The van der Waals surface area contributed by atoms with E-state index in [0.29, 0.717) is 10.9 Å². The number of nitrogens with one attached hydrogen (secondary N) is 1. The average Bonchev–Trinajstić information content (AvgIpc) is 2.59. The fourth-order valence-electron chi connectivity index (χ4n) is 1.25. The predicted octanol–water partition coefficient (Wildman–Crippen LogP) is 4.58. The lowest BCUT2D eigenvalue weighted by molar-refractivity contribution is 0.600. The maximum absolute atomic E-state index is 11.3. The second-order valence-corrected chi connectivity index (χ2v) is 11.0. The SMILES string of the molecule is Cc1cc2c(=O)[nH]cc(C#N)c2s1.O=P(Cl)(Cl)Cl. The van der Waals surface area contributed by atoms with E-state index in [1.807, 2.05) is 6.92 Å². The van der Waals surface area contributed by atoms with Crippen LogP contribution in [-0.2, 0) is 4.57 Å². The normalized spacial score (nSPS) is 10.6. The molecular weight excluding hydrogens is 338 g/mol. The molecule has 2 aromatic heterocycles. The zero-order valence-corrected chi connectivity index (χ0v) is 12.9. The molecule has 0 saturated carbocycles. The lowest BCUT2D eigenvalue weighted by Crippen LogP contribution is -2.03. The van der Waals surface area contributed by atoms with Crippen molar-refractivity contribution >= 4 is 60.3 Å². The first-order valence-electron chi connectivity index (χ1n) is 4.43. The topological polar surface area (TPSA) is 73.7 Å². The Morgan fingerprint density at radius 2 is 2.00 bits per heavy atom. The van der Waals surface area contributed by atoms with Gasteiger partial charge in [-0.3, -0.25) is 9.36 Å². The van der Waals surface area contributed by atoms with Crippen LogP contribution in [0.2, 0.25) is 0 Å². The molecule has 0 saturated heterocycles. The lowest BCUT2D eigenvalue weighted by atomic mass is 10.2. The standard InChI is InChI=1S/C9H6N2OS.Cl3OP/c1-5-2-7-8(13-5)6(3-10)4-11-9(7)12;1-5(2,3)4/h2,4H,1H3,(H,11,12);. The van der Waals surface area contributed by atoms with Gasteiger partial charge in [0.25, 0.3) is 5.56 Å². The van der Waals surface area contributed by atoms with Crippen molar-refractivity contribution in [1.82, 2.24) is 4.98 Å². The minimum atomic E-state index is -3.22. The molecule has 4 nitrogen and oxygen atoms in total. The number of hydrogen-bond acceptors (Lipinski definition) is 4. The summed E-state index contributed by atoms with van der Waals surface area (Å²) in [6, 6.07) is 3.86. The Hall–Kier alpha value is -0.500. The highest BCUT2D eigenvalue weighted by molar-refractivity contribution is 8.24. The first kappa shape index (κ1) is 15.6. The van der Waals surface area contributed by atoms with Gasteiger partial charge < -0.3 is 4.98 Å². The molecule has 0 aliphatic carbocycles. The molecule has 0 aliphatic rings. The van der Waals surface area contributed by atoms with Crippen LogP contribution >= 0.6 is 50.3 Å². The van der Waals surface area contributed by atoms with Gasteiger partial charge in [-0.15, -0.1) is 11.3 Å². The van der Waals surface area contributed by atoms with Crippen molar-refractivity contribution in [3.63, 3.8) is 0 Å². The number of aromatic amines is 1. The smallest absolute Gasteiger partial charge is 0.327 e. The van der Waals surface area contributed by atoms with Crippen molar-refractivity contribution in [2.75, 3.05) is 0 Å². The Morgan fingerprint density at radius 1 is 1.44 bits per heavy atom. The number of thiophene rings is 1. The molecular formula is C9H6Cl3N2O2PS. The van der Waals surface area contributed by atoms with Crippen molar-refractivity contribution in [1.29, 1.82) is 5.26 Å². The number of halogens is 3. The summed E-state index contributed by atoms with van der Waals surface area (Å²) < 4.78 is 10.3. The first-order valence-corrected chi connectivity index (χ1v) is 9.67. The Balaban J connectivity index is 0.000000280. The monoisotopic (exact) mass is 342 g/mol. The third kappa shape index (κ3) is 4.64. The summed E-state index contributed by atoms with van der Waals surface area (Å²) in [5.41, 5.74) is 0.408. The van der Waals surface area contributed by atoms with Gasteiger partial charge in [0.1, 0.15) is 6.07 Å². The fourth-order valence-corrected chi connectivity index (χ4v) is 2.22. The van der Waals surface area contributed by atoms with Crippen LogP contribution in [0.25, 0.3) is 10.1 Å². The second-order valence-electron chi connectivity index (χ2n) is 3.14. The van der Waals surface area contributed by atoms with Gasteiger partial charge in [0.2, 0.25) is 0 Å². The summed E-state index contributed by atoms with van der Waals surface area (Å²) in [6.45, 7) is 1.92. The van der Waals surface area contributed by atoms with Crippen LogP contribution in [0.1, 0.15) is 10.4 Å². The number of pyridine rings is 1. The molecule has 96 valence electrons. The average molecular weight is 344 g/mol. The predicted molar refractivity (Wildman–Crippen MR) is 77.1 cm³/mol. The van der Waals surface area contributed by atoms with Crippen LogP contribution in [-0.4, -0.2) is 4.98 Å². The van der Waals surface area contributed by atoms with E-state index in [-0.39, 0.29) is 5.56 Å². The van der Waals surface area contributed by atoms with E-state index in [1.54, 1.807) is 6.07 Å². The Kier molecular flexibility index (Phi) is 5.27. The fraction of sp³-hybridized carbons (Fsp3) is 0.111. The van der Waals surface area contributed by atoms with Crippen LogP contribution < -0.4 is 5.56 Å². The van der Waals surface area contributed by atoms with E-state index in [4.69, 9.17) is 5.26 Å². The lowest BCUT2D eigenvalue weighted by Gasteiger charge is -1.89. The zero-order valence-electron chi connectivity index (χ0n) is 8.91. The van der Waals surface area contributed by atoms with Crippen molar-refractivity contribution in [2.24, 2.45) is 0 Å². The second kappa shape index (κ2) is 6.10. The van der Waals surface area contributed by atoms with Gasteiger partial charge in [0.05, 0.1) is 15.6 Å². The van der Waals surface area contributed by atoms with Crippen LogP contribution in [0.5, 0.6) is 0 Å². The van der Waals surface area contributed by atoms with Gasteiger partial charge >= 0.3 is 5.20 Å². The van der Waals surface area contributed by atoms with Gasteiger partial charge in [-0.1, -0.05) is 0 Å². The minimum absolute atomic E-state index is 0.127. The molecule has 2 rings (SSSR count). The molecule has 18 heavy (non-hydrogen) atoms. The molecule has 0 radical (unpaired) electrons. The zero-order chi connectivity index (χ0) is 13.9. The quantitative estimate of drug-likeness (QED) is 0.711. The number of hydrogen-bond donors (Lipinski definition) is 1. The number of rotatable bonds is 0. The molecule has 9 heteroatoms. The van der Waals surface area contributed by atoms with E-state index in [9.17, 15) is 9.36 Å². The molecule has 2 aromatic rings. The summed E-state index contributed by atoms with van der Waals surface area (Å²) in [7, 11) is 0. The number of nitriles is 1. The van der Waals surface area contributed by atoms with Crippen LogP contribution in [0, 0.1) is 18.3 Å². The third-order valence-electron chi connectivity index (χ3n) is 1.81. The highest BCUT2D eigenvalue weighted by Gasteiger charge is 2.06. The molecule has 0 bridgehead atoms. The van der Waals surface area contributed by atoms with E-state index in [1.165, 1.54) is 17.5 Å². The Labute approximate surface area is 121 Å². The molecule has 0 spiro atoms. The van der Waals surface area contributed by atoms with E-state index < -0.39 is 5.20 Å². The highest BCUT2D eigenvalue weighted by atomic mass is 36.0. The summed E-state index contributed by atoms with van der Waals surface area (Å²) >= 11 is 15.3. The molecule has 2 heterocycles. The summed E-state index contributed by atoms with van der Waals surface area (Å²) in [5.74, 6) is 0. The maximum atomic E-state index is 11.3. The van der Waals surface area contributed by atoms with E-state index >= 15 is 0 Å². The highest BCUT2D eigenvalue weighted by Crippen LogP contribution is 2.61. The molecule has 0 unspecified atom stereocenters. The van der Waals surface area contributed by atoms with Gasteiger partial charge in [0.15, 0.2) is 0 Å². The van der Waals surface area contributed by atoms with Crippen molar-refractivity contribution in [3.05, 3.63) is 33.1 Å². The number of fused-ring (bicyclic) bond motifs is 1. The van der Waals surface area contributed by atoms with Crippen molar-refractivity contribution < 1.29 is 4.57 Å². The summed E-state index contributed by atoms with van der Waals surface area (Å²) in [5, 5.41) is 6.16. The van der Waals surface area contributed by atoms with Gasteiger partial charge in [-0.2, -0.15) is 5.26 Å². The Bertz CT molecular complexity index is 704. The molecule has 0 aromatic carbocycles. The van der Waals surface area contributed by atoms with Gasteiger partial charge in [-0.25, -0.2) is 0 Å². The summed E-state index contributed by atoms with van der Waals surface area (Å²) in [4.78, 5) is 14.9. The van der Waals surface area contributed by atoms with Crippen molar-refractivity contribution in [2.45, 2.75) is 6.92 Å². The minimum Gasteiger partial charge on any atom is -0.327 e. The van der Waals surface area contributed by atoms with Gasteiger partial charge in [-0.05, 0) is 46.7 Å². The molecule has 1 N–H and O–H groups in total. The maximum Gasteiger partial charge on any atom is 0.339 e. The largest absolute Gasteiger partial charge is 0.339 e. The molecule has 0 aliphatic heterocycles. The number of H-pyrrole nitrogens is 1. The number of nitrogens with zero attached hydrogens (tertiary/aromatic N) is 1. The van der Waals surface area contributed by atoms with Crippen LogP contribution in [0.3, 0.4) is 0 Å². The Morgan fingerprint density at radius 3 is 2.50 bits per heavy atom. The number of aryl methyl sites for hydroxylation is 1. The van der Waals surface area contributed by atoms with Crippen LogP contribution in [0.4, 0.5) is 0 Å². The first-order chi connectivity index (χ1) is 8.22. The van der Waals surface area contributed by atoms with Crippen molar-refractivity contribution in [3.8, 4) is 6.07 Å². The molecule has 0 amide bonds. The molecule has 0 fully saturated rings. The summed E-state index contributed by atoms with van der Waals surface area (Å²) in [6.07, 6.45) is 1.46. The van der Waals surface area contributed by atoms with E-state index in [0.717, 1.165) is 9.58 Å². The van der Waals surface area contributed by atoms with Crippen LogP contribution in [0.15, 0.2) is 17.1 Å². The van der Waals surface area contributed by atoms with E-state index in [2.05, 4.69) is 44.8 Å². The third-order valence-corrected chi connectivity index (χ3v) is 2.90. The number of aromatic nitrogens is 1. The molecule has 0 atom stereocenters. The van der Waals surface area contributed by atoms with Gasteiger partial charge in [0, 0.05) is 11.1 Å².